The van der Waals surface area contributed by atoms with Crippen molar-refractivity contribution in [3.05, 3.63) is 65.5 Å². The van der Waals surface area contributed by atoms with Crippen molar-refractivity contribution in [2.75, 3.05) is 5.32 Å². The van der Waals surface area contributed by atoms with Gasteiger partial charge in [-0.3, -0.25) is 9.89 Å². The Morgan fingerprint density at radius 1 is 1.14 bits per heavy atom. The number of benzene rings is 2. The number of nitrogens with zero attached hydrogens (tertiary/aromatic N) is 2. The number of alkyl halides is 3. The molecule has 0 aliphatic heterocycles. The fourth-order valence-electron chi connectivity index (χ4n) is 2.89. The Kier molecular flexibility index (Phi) is 4.62. The maximum atomic E-state index is 12.8. The van der Waals surface area contributed by atoms with Crippen LogP contribution in [-0.4, -0.2) is 21.1 Å². The highest BCUT2D eigenvalue weighted by atomic mass is 19.4. The number of amides is 1. The van der Waals surface area contributed by atoms with Gasteiger partial charge >= 0.3 is 6.18 Å². The van der Waals surface area contributed by atoms with Crippen molar-refractivity contribution >= 4 is 11.6 Å². The topological polar surface area (TPSA) is 70.7 Å². The zero-order chi connectivity index (χ0) is 19.7. The summed E-state index contributed by atoms with van der Waals surface area (Å²) in [5, 5.41) is 9.84. The van der Waals surface area contributed by atoms with E-state index in [1.54, 1.807) is 24.3 Å². The molecule has 1 aliphatic carbocycles. The second kappa shape index (κ2) is 7.10. The van der Waals surface area contributed by atoms with E-state index in [2.05, 4.69) is 20.5 Å². The zero-order valence-corrected chi connectivity index (χ0v) is 14.8. The van der Waals surface area contributed by atoms with E-state index in [0.29, 0.717) is 23.0 Å². The van der Waals surface area contributed by atoms with Gasteiger partial charge in [0.25, 0.3) is 0 Å². The highest BCUT2D eigenvalue weighted by Gasteiger charge is 2.30. The Bertz CT molecular complexity index is 991. The van der Waals surface area contributed by atoms with Crippen molar-refractivity contribution in [1.82, 2.24) is 15.2 Å². The molecule has 1 amide bonds. The lowest BCUT2D eigenvalue weighted by atomic mass is 10.1. The molecule has 0 saturated heterocycles. The van der Waals surface area contributed by atoms with Crippen molar-refractivity contribution in [3.8, 4) is 11.4 Å². The number of carbonyl (C=O) groups is 1. The number of carbonyl (C=O) groups excluding carboxylic acids is 1. The van der Waals surface area contributed by atoms with E-state index in [1.807, 2.05) is 0 Å². The summed E-state index contributed by atoms with van der Waals surface area (Å²) in [5.74, 6) is 1.59. The predicted molar refractivity (Wildman–Crippen MR) is 97.6 cm³/mol. The number of aromatic amines is 1. The monoisotopic (exact) mass is 386 g/mol. The van der Waals surface area contributed by atoms with Crippen LogP contribution in [0.3, 0.4) is 0 Å². The Morgan fingerprint density at radius 3 is 2.57 bits per heavy atom. The molecule has 5 nitrogen and oxygen atoms in total. The lowest BCUT2D eigenvalue weighted by molar-refractivity contribution is -0.137. The van der Waals surface area contributed by atoms with Crippen molar-refractivity contribution in [2.24, 2.45) is 0 Å². The SMILES string of the molecule is O=C(Cc1cccc(C(F)(F)F)c1)Nc1ccc(-c2n[nH]c(C3CC3)n2)cc1. The molecule has 1 heterocycles. The molecule has 144 valence electrons. The molecular weight excluding hydrogens is 369 g/mol. The highest BCUT2D eigenvalue weighted by Crippen LogP contribution is 2.38. The summed E-state index contributed by atoms with van der Waals surface area (Å²) in [7, 11) is 0. The molecule has 0 radical (unpaired) electrons. The van der Waals surface area contributed by atoms with Gasteiger partial charge in [-0.1, -0.05) is 18.2 Å². The average molecular weight is 386 g/mol. The summed E-state index contributed by atoms with van der Waals surface area (Å²) in [6.45, 7) is 0. The molecule has 2 N–H and O–H groups in total. The number of nitrogens with one attached hydrogen (secondary N) is 2. The van der Waals surface area contributed by atoms with Crippen molar-refractivity contribution < 1.29 is 18.0 Å². The van der Waals surface area contributed by atoms with Crippen LogP contribution in [-0.2, 0) is 17.4 Å². The summed E-state index contributed by atoms with van der Waals surface area (Å²) in [6, 6.07) is 11.8. The van der Waals surface area contributed by atoms with Gasteiger partial charge in [-0.15, -0.1) is 0 Å². The van der Waals surface area contributed by atoms with E-state index in [0.717, 1.165) is 36.4 Å². The van der Waals surface area contributed by atoms with Crippen LogP contribution in [0, 0.1) is 0 Å². The van der Waals surface area contributed by atoms with E-state index >= 15 is 0 Å². The number of rotatable bonds is 5. The van der Waals surface area contributed by atoms with Gasteiger partial charge in [0, 0.05) is 17.2 Å². The van der Waals surface area contributed by atoms with Crippen molar-refractivity contribution in [2.45, 2.75) is 31.4 Å². The third-order valence-electron chi connectivity index (χ3n) is 4.51. The molecule has 1 fully saturated rings. The number of anilines is 1. The molecule has 0 spiro atoms. The van der Waals surface area contributed by atoms with Crippen LogP contribution in [0.15, 0.2) is 48.5 Å². The number of hydrogen-bond acceptors (Lipinski definition) is 3. The number of aromatic nitrogens is 3. The largest absolute Gasteiger partial charge is 0.416 e. The zero-order valence-electron chi connectivity index (χ0n) is 14.8. The Labute approximate surface area is 159 Å². The minimum absolute atomic E-state index is 0.142. The van der Waals surface area contributed by atoms with Gasteiger partial charge in [-0.2, -0.15) is 18.3 Å². The lowest BCUT2D eigenvalue weighted by Crippen LogP contribution is -2.15. The molecule has 0 atom stereocenters. The molecule has 8 heteroatoms. The van der Waals surface area contributed by atoms with E-state index in [1.165, 1.54) is 12.1 Å². The minimum atomic E-state index is -4.43. The summed E-state index contributed by atoms with van der Waals surface area (Å²) in [6.07, 6.45) is -2.31. The fraction of sp³-hybridized carbons (Fsp3) is 0.250. The Morgan fingerprint density at radius 2 is 1.89 bits per heavy atom. The maximum absolute atomic E-state index is 12.8. The normalized spacial score (nSPS) is 14.1. The van der Waals surface area contributed by atoms with Gasteiger partial charge in [0.1, 0.15) is 5.82 Å². The van der Waals surface area contributed by atoms with E-state index in [4.69, 9.17) is 0 Å². The Balaban J connectivity index is 1.39. The Hall–Kier alpha value is -3.16. The van der Waals surface area contributed by atoms with Gasteiger partial charge in [0.2, 0.25) is 5.91 Å². The van der Waals surface area contributed by atoms with Crippen LogP contribution < -0.4 is 5.32 Å². The molecule has 0 bridgehead atoms. The molecular formula is C20H17F3N4O. The molecule has 1 saturated carbocycles. The van der Waals surface area contributed by atoms with Crippen molar-refractivity contribution in [3.63, 3.8) is 0 Å². The van der Waals surface area contributed by atoms with E-state index in [9.17, 15) is 18.0 Å². The minimum Gasteiger partial charge on any atom is -0.326 e. The van der Waals surface area contributed by atoms with Gasteiger partial charge in [-0.25, -0.2) is 4.98 Å². The van der Waals surface area contributed by atoms with Crippen LogP contribution in [0.2, 0.25) is 0 Å². The maximum Gasteiger partial charge on any atom is 0.416 e. The summed E-state index contributed by atoms with van der Waals surface area (Å²) in [4.78, 5) is 16.6. The van der Waals surface area contributed by atoms with Gasteiger partial charge in [-0.05, 0) is 48.7 Å². The summed E-state index contributed by atoms with van der Waals surface area (Å²) in [5.41, 5.74) is 0.911. The summed E-state index contributed by atoms with van der Waals surface area (Å²) < 4.78 is 38.3. The second-order valence-corrected chi connectivity index (χ2v) is 6.82. The molecule has 28 heavy (non-hydrogen) atoms. The summed E-state index contributed by atoms with van der Waals surface area (Å²) >= 11 is 0. The van der Waals surface area contributed by atoms with E-state index < -0.39 is 11.7 Å². The first kappa shape index (κ1) is 18.2. The van der Waals surface area contributed by atoms with Gasteiger partial charge in [0.15, 0.2) is 5.82 Å². The fourth-order valence-corrected chi connectivity index (χ4v) is 2.89. The first-order valence-corrected chi connectivity index (χ1v) is 8.87. The first-order chi connectivity index (χ1) is 13.4. The van der Waals surface area contributed by atoms with Crippen LogP contribution in [0.4, 0.5) is 18.9 Å². The molecule has 1 aliphatic rings. The van der Waals surface area contributed by atoms with Gasteiger partial charge < -0.3 is 5.32 Å². The molecule has 4 rings (SSSR count). The van der Waals surface area contributed by atoms with Crippen LogP contribution in [0.5, 0.6) is 0 Å². The standard InChI is InChI=1S/C20H17F3N4O/c21-20(22,23)15-3-1-2-12(10-15)11-17(28)24-16-8-6-14(7-9-16)19-25-18(26-27-19)13-4-5-13/h1-3,6-10,13H,4-5,11H2,(H,24,28)(H,25,26,27). The van der Waals surface area contributed by atoms with Crippen LogP contribution in [0.25, 0.3) is 11.4 Å². The van der Waals surface area contributed by atoms with Crippen molar-refractivity contribution in [1.29, 1.82) is 0 Å². The third-order valence-corrected chi connectivity index (χ3v) is 4.51. The first-order valence-electron chi connectivity index (χ1n) is 8.87. The van der Waals surface area contributed by atoms with E-state index in [-0.39, 0.29) is 12.3 Å². The quantitative estimate of drug-likeness (QED) is 0.676. The number of hydrogen-bond donors (Lipinski definition) is 2. The smallest absolute Gasteiger partial charge is 0.326 e. The number of halogens is 3. The molecule has 1 aromatic heterocycles. The van der Waals surface area contributed by atoms with Crippen LogP contribution in [0.1, 0.15) is 35.7 Å². The average Bonchev–Trinajstić information content (AvgIpc) is 3.39. The predicted octanol–water partition coefficient (Wildman–Crippen LogP) is 4.55. The van der Waals surface area contributed by atoms with Crippen LogP contribution >= 0.6 is 0 Å². The highest BCUT2D eigenvalue weighted by molar-refractivity contribution is 5.92. The molecule has 0 unspecified atom stereocenters. The third kappa shape index (κ3) is 4.21. The molecule has 3 aromatic rings. The number of H-pyrrole nitrogens is 1. The molecule has 2 aromatic carbocycles. The van der Waals surface area contributed by atoms with Gasteiger partial charge in [0.05, 0.1) is 12.0 Å². The lowest BCUT2D eigenvalue weighted by Gasteiger charge is -2.09. The second-order valence-electron chi connectivity index (χ2n) is 6.82.